The second kappa shape index (κ2) is 10.4. The number of benzene rings is 4. The van der Waals surface area contributed by atoms with E-state index in [4.69, 9.17) is 4.74 Å². The Morgan fingerprint density at radius 1 is 0.628 bits per heavy atom. The van der Waals surface area contributed by atoms with Crippen molar-refractivity contribution in [3.05, 3.63) is 137 Å². The molecule has 0 spiro atoms. The van der Waals surface area contributed by atoms with E-state index in [9.17, 15) is 24.0 Å². The molecule has 9 heteroatoms. The number of ether oxygens (including phenoxy) is 1. The Morgan fingerprint density at radius 2 is 1.14 bits per heavy atom. The summed E-state index contributed by atoms with van der Waals surface area (Å²) >= 11 is 0. The summed E-state index contributed by atoms with van der Waals surface area (Å²) in [6.07, 6.45) is 0. The molecule has 1 heterocycles. The normalized spacial score (nSPS) is 21.0. The maximum Gasteiger partial charge on any atom is 0.338 e. The molecule has 4 aromatic carbocycles. The molecule has 2 N–H and O–H groups in total. The van der Waals surface area contributed by atoms with E-state index in [2.05, 4.69) is 10.9 Å². The first-order valence-corrected chi connectivity index (χ1v) is 13.9. The van der Waals surface area contributed by atoms with Crippen molar-refractivity contribution in [1.29, 1.82) is 0 Å². The fourth-order valence-electron chi connectivity index (χ4n) is 6.74. The highest BCUT2D eigenvalue weighted by Gasteiger charge is 2.61. The summed E-state index contributed by atoms with van der Waals surface area (Å²) in [6.45, 7) is -0.649. The van der Waals surface area contributed by atoms with Gasteiger partial charge < -0.3 is 4.74 Å². The van der Waals surface area contributed by atoms with Crippen LogP contribution in [0.2, 0.25) is 0 Å². The Bertz CT molecular complexity index is 1700. The topological polar surface area (TPSA) is 122 Å². The number of rotatable bonds is 5. The fourth-order valence-corrected chi connectivity index (χ4v) is 6.74. The molecule has 0 unspecified atom stereocenters. The van der Waals surface area contributed by atoms with Crippen molar-refractivity contribution < 1.29 is 28.7 Å². The molecule has 0 saturated carbocycles. The molecule has 1 fully saturated rings. The van der Waals surface area contributed by atoms with Gasteiger partial charge in [0.1, 0.15) is 0 Å². The summed E-state index contributed by atoms with van der Waals surface area (Å²) in [4.78, 5) is 66.3. The van der Waals surface area contributed by atoms with Crippen LogP contribution in [0.5, 0.6) is 0 Å². The molecule has 2 atom stereocenters. The zero-order valence-electron chi connectivity index (χ0n) is 22.7. The predicted molar refractivity (Wildman–Crippen MR) is 155 cm³/mol. The van der Waals surface area contributed by atoms with Gasteiger partial charge >= 0.3 is 5.97 Å². The summed E-state index contributed by atoms with van der Waals surface area (Å²) < 4.78 is 5.13. The molecule has 4 aromatic rings. The van der Waals surface area contributed by atoms with Crippen LogP contribution in [0.15, 0.2) is 103 Å². The van der Waals surface area contributed by atoms with Crippen LogP contribution in [-0.4, -0.2) is 36.2 Å². The quantitative estimate of drug-likeness (QED) is 0.214. The maximum atomic E-state index is 14.0. The Morgan fingerprint density at radius 3 is 1.70 bits per heavy atom. The predicted octanol–water partition coefficient (Wildman–Crippen LogP) is 3.70. The summed E-state index contributed by atoms with van der Waals surface area (Å²) in [7, 11) is 0. The number of hydrazine groups is 1. The zero-order valence-corrected chi connectivity index (χ0v) is 22.7. The molecule has 1 saturated heterocycles. The van der Waals surface area contributed by atoms with Gasteiger partial charge in [-0.3, -0.25) is 30.0 Å². The highest BCUT2D eigenvalue weighted by atomic mass is 16.5. The van der Waals surface area contributed by atoms with Crippen LogP contribution >= 0.6 is 0 Å². The number of hydrogen-bond acceptors (Lipinski definition) is 6. The molecular weight excluding hydrogens is 546 g/mol. The van der Waals surface area contributed by atoms with Gasteiger partial charge in [-0.25, -0.2) is 9.69 Å². The smallest absolute Gasteiger partial charge is 0.338 e. The number of carbonyl (C=O) groups is 5. The van der Waals surface area contributed by atoms with E-state index in [0.29, 0.717) is 5.56 Å². The van der Waals surface area contributed by atoms with E-state index in [1.165, 1.54) is 17.0 Å². The first-order chi connectivity index (χ1) is 20.9. The molecule has 43 heavy (non-hydrogen) atoms. The third-order valence-corrected chi connectivity index (χ3v) is 8.47. The van der Waals surface area contributed by atoms with Crippen molar-refractivity contribution in [3.8, 4) is 0 Å². The second-order valence-electron chi connectivity index (χ2n) is 10.8. The lowest BCUT2D eigenvalue weighted by Gasteiger charge is -2.45. The van der Waals surface area contributed by atoms with Gasteiger partial charge in [-0.15, -0.1) is 0 Å². The molecule has 4 aliphatic rings. The average molecular weight is 572 g/mol. The number of carbonyl (C=O) groups excluding carboxylic acids is 5. The molecular formula is C34H25N3O6. The number of nitrogens with zero attached hydrogens (tertiary/aromatic N) is 1. The average Bonchev–Trinajstić information content (AvgIpc) is 3.32. The minimum atomic E-state index is -0.817. The van der Waals surface area contributed by atoms with Gasteiger partial charge in [0, 0.05) is 17.4 Å². The number of esters is 1. The lowest BCUT2D eigenvalue weighted by molar-refractivity contribution is -0.125. The summed E-state index contributed by atoms with van der Waals surface area (Å²) in [5.41, 5.74) is 9.45. The number of anilines is 1. The van der Waals surface area contributed by atoms with Crippen molar-refractivity contribution in [3.63, 3.8) is 0 Å². The molecule has 0 aromatic heterocycles. The van der Waals surface area contributed by atoms with Crippen LogP contribution in [0.4, 0.5) is 5.69 Å². The highest BCUT2D eigenvalue weighted by Crippen LogP contribution is 2.61. The lowest BCUT2D eigenvalue weighted by Crippen LogP contribution is -2.43. The Hall–Kier alpha value is -5.57. The Labute approximate surface area is 246 Å². The minimum absolute atomic E-state index is 0.0728. The number of nitrogens with one attached hydrogen (secondary N) is 2. The van der Waals surface area contributed by atoms with Crippen LogP contribution in [-0.2, 0) is 19.1 Å². The van der Waals surface area contributed by atoms with Gasteiger partial charge in [0.15, 0.2) is 6.61 Å². The molecule has 4 amide bonds. The zero-order chi connectivity index (χ0) is 29.7. The standard InChI is InChI=1S/C34H25N3O6/c38-26(35-36-31(39)19-9-2-1-3-10-19)18-43-34(42)20-11-8-12-21(17-20)37-32(40)29-27-22-13-4-5-14-23(22)28(30(29)33(37)41)25-16-7-6-15-24(25)27/h1-17,27-30H,18H2,(H,35,38)(H,36,39)/t27?,28?,29-,30-/m1/s1. The monoisotopic (exact) mass is 571 g/mol. The summed E-state index contributed by atoms with van der Waals surface area (Å²) in [5, 5.41) is 0. The van der Waals surface area contributed by atoms with Crippen LogP contribution in [0.3, 0.4) is 0 Å². The van der Waals surface area contributed by atoms with Crippen molar-refractivity contribution in [2.45, 2.75) is 11.8 Å². The van der Waals surface area contributed by atoms with Crippen LogP contribution < -0.4 is 15.8 Å². The van der Waals surface area contributed by atoms with Gasteiger partial charge in [-0.05, 0) is 52.6 Å². The van der Waals surface area contributed by atoms with Crippen molar-refractivity contribution in [2.24, 2.45) is 11.8 Å². The third-order valence-electron chi connectivity index (χ3n) is 8.47. The molecule has 1 aliphatic heterocycles. The maximum absolute atomic E-state index is 14.0. The molecule has 9 nitrogen and oxygen atoms in total. The molecule has 3 aliphatic carbocycles. The van der Waals surface area contributed by atoms with E-state index >= 15 is 0 Å². The largest absolute Gasteiger partial charge is 0.452 e. The Kier molecular flexibility index (Phi) is 6.35. The van der Waals surface area contributed by atoms with Crippen molar-refractivity contribution >= 4 is 35.3 Å². The number of hydrogen-bond donors (Lipinski definition) is 2. The lowest BCUT2D eigenvalue weighted by atomic mass is 9.55. The fraction of sp³-hybridized carbons (Fsp3) is 0.147. The van der Waals surface area contributed by atoms with Gasteiger partial charge in [0.05, 0.1) is 23.1 Å². The molecule has 212 valence electrons. The molecule has 0 radical (unpaired) electrons. The van der Waals surface area contributed by atoms with E-state index < -0.39 is 36.2 Å². The van der Waals surface area contributed by atoms with E-state index in [0.717, 1.165) is 22.3 Å². The minimum Gasteiger partial charge on any atom is -0.452 e. The Balaban J connectivity index is 1.08. The van der Waals surface area contributed by atoms with Crippen molar-refractivity contribution in [1.82, 2.24) is 10.9 Å². The second-order valence-corrected chi connectivity index (χ2v) is 10.8. The van der Waals surface area contributed by atoms with Gasteiger partial charge in [0.2, 0.25) is 11.8 Å². The first-order valence-electron chi connectivity index (χ1n) is 13.9. The van der Waals surface area contributed by atoms with Crippen LogP contribution in [0.1, 0.15) is 54.8 Å². The number of amides is 4. The summed E-state index contributed by atoms with van der Waals surface area (Å²) in [6, 6.07) is 30.4. The third kappa shape index (κ3) is 4.28. The summed E-state index contributed by atoms with van der Waals surface area (Å²) in [5.74, 6) is -4.24. The van der Waals surface area contributed by atoms with E-state index in [1.54, 1.807) is 42.5 Å². The highest BCUT2D eigenvalue weighted by molar-refractivity contribution is 6.23. The molecule has 2 bridgehead atoms. The van der Waals surface area contributed by atoms with Gasteiger partial charge in [0.25, 0.3) is 11.8 Å². The van der Waals surface area contributed by atoms with Crippen molar-refractivity contribution in [2.75, 3.05) is 11.5 Å². The van der Waals surface area contributed by atoms with E-state index in [-0.39, 0.29) is 34.9 Å². The first kappa shape index (κ1) is 26.3. The van der Waals surface area contributed by atoms with Crippen LogP contribution in [0, 0.1) is 11.8 Å². The van der Waals surface area contributed by atoms with E-state index in [1.807, 2.05) is 48.5 Å². The SMILES string of the molecule is O=C(COC(=O)c1cccc(N2C(=O)[C@@H]3C4c5ccccc5C(c5ccccc54)[C@H]3C2=O)c1)NNC(=O)c1ccccc1. The van der Waals surface area contributed by atoms with Gasteiger partial charge in [-0.2, -0.15) is 0 Å². The van der Waals surface area contributed by atoms with Gasteiger partial charge in [-0.1, -0.05) is 72.8 Å². The molecule has 8 rings (SSSR count). The van der Waals surface area contributed by atoms with Crippen LogP contribution in [0.25, 0.3) is 0 Å². The number of imide groups is 1.